The number of aromatic nitrogens is 2. The van der Waals surface area contributed by atoms with Gasteiger partial charge in [0.1, 0.15) is 9.52 Å². The minimum Gasteiger partial charge on any atom is -0.479 e. The third-order valence-corrected chi connectivity index (χ3v) is 4.16. The Hall–Kier alpha value is -2.59. The number of nitrogens with one attached hydrogen (secondary N) is 1. The molecule has 2 aromatic rings. The van der Waals surface area contributed by atoms with Crippen LogP contribution in [0.2, 0.25) is 0 Å². The Bertz CT molecular complexity index is 973. The van der Waals surface area contributed by atoms with Crippen LogP contribution in [0, 0.1) is 3.70 Å². The molecular formula is C17H22IN3O9S. The number of nitrogens with zero attached hydrogens (tertiary/aromatic N) is 2. The van der Waals surface area contributed by atoms with Gasteiger partial charge in [0, 0.05) is 7.11 Å². The van der Waals surface area contributed by atoms with Gasteiger partial charge < -0.3 is 28.8 Å². The number of sulfonamides is 1. The Labute approximate surface area is 193 Å². The van der Waals surface area contributed by atoms with Crippen molar-refractivity contribution in [1.29, 1.82) is 0 Å². The number of carbonyl (C=O) groups is 1. The van der Waals surface area contributed by atoms with Crippen molar-refractivity contribution in [2.75, 3.05) is 45.7 Å². The van der Waals surface area contributed by atoms with Gasteiger partial charge >= 0.3 is 5.97 Å². The van der Waals surface area contributed by atoms with Crippen LogP contribution in [0.1, 0.15) is 0 Å². The minimum absolute atomic E-state index is 0.00935. The van der Waals surface area contributed by atoms with Crippen molar-refractivity contribution in [3.05, 3.63) is 28.0 Å². The molecule has 0 bridgehead atoms. The molecule has 0 aliphatic rings. The first kappa shape index (κ1) is 26.4. The first-order chi connectivity index (χ1) is 14.6. The van der Waals surface area contributed by atoms with E-state index in [0.29, 0.717) is 11.6 Å². The Morgan fingerprint density at radius 1 is 1.03 bits per heavy atom. The van der Waals surface area contributed by atoms with Crippen molar-refractivity contribution in [3.63, 3.8) is 0 Å². The highest BCUT2D eigenvalue weighted by atomic mass is 127. The molecule has 14 heteroatoms. The summed E-state index contributed by atoms with van der Waals surface area (Å²) >= 11 is 2.11. The van der Waals surface area contributed by atoms with Crippen molar-refractivity contribution in [1.82, 2.24) is 9.97 Å². The van der Waals surface area contributed by atoms with Crippen molar-refractivity contribution in [2.45, 2.75) is 0 Å². The van der Waals surface area contributed by atoms with Gasteiger partial charge in [0.05, 0.1) is 20.5 Å². The average Bonchev–Trinajstić information content (AvgIpc) is 2.70. The number of methoxy groups -OCH3 is 3. The molecule has 2 aromatic heterocycles. The summed E-state index contributed by atoms with van der Waals surface area (Å²) in [7, 11) is 0.978. The summed E-state index contributed by atoms with van der Waals surface area (Å²) in [6.07, 6.45) is 0.982. The summed E-state index contributed by atoms with van der Waals surface area (Å²) in [5.41, 5.74) is 0. The molecule has 12 nitrogen and oxygen atoms in total. The fourth-order valence-electron chi connectivity index (χ4n) is 1.85. The SMILES string of the molecule is COCOc1ccc(I)nc1OC.COc1nc(NS(C)(=O)=O)ccc1OCC(=O)O. The number of ether oxygens (including phenoxy) is 5. The van der Waals surface area contributed by atoms with Gasteiger partial charge in [0.15, 0.2) is 24.9 Å². The number of pyridine rings is 2. The smallest absolute Gasteiger partial charge is 0.341 e. The topological polar surface area (TPSA) is 155 Å². The molecule has 0 fully saturated rings. The maximum absolute atomic E-state index is 11.0. The van der Waals surface area contributed by atoms with E-state index in [1.807, 2.05) is 6.07 Å². The van der Waals surface area contributed by atoms with Crippen LogP contribution in [0.4, 0.5) is 5.82 Å². The molecule has 0 aliphatic carbocycles. The third kappa shape index (κ3) is 10.3. The van der Waals surface area contributed by atoms with Crippen LogP contribution in [0.15, 0.2) is 24.3 Å². The summed E-state index contributed by atoms with van der Waals surface area (Å²) in [6, 6.07) is 6.34. The molecule has 0 amide bonds. The van der Waals surface area contributed by atoms with Crippen LogP contribution in [0.5, 0.6) is 23.3 Å². The lowest BCUT2D eigenvalue weighted by atomic mass is 10.4. The van der Waals surface area contributed by atoms with Crippen molar-refractivity contribution >= 4 is 44.4 Å². The predicted molar refractivity (Wildman–Crippen MR) is 118 cm³/mol. The van der Waals surface area contributed by atoms with Gasteiger partial charge in [-0.15, -0.1) is 0 Å². The van der Waals surface area contributed by atoms with E-state index in [-0.39, 0.29) is 24.2 Å². The Morgan fingerprint density at radius 2 is 1.61 bits per heavy atom. The number of hydrogen-bond donors (Lipinski definition) is 2. The Balaban J connectivity index is 0.000000327. The van der Waals surface area contributed by atoms with E-state index in [1.54, 1.807) is 20.3 Å². The molecule has 0 saturated carbocycles. The number of rotatable bonds is 10. The maximum atomic E-state index is 11.0. The quantitative estimate of drug-likeness (QED) is 0.243. The summed E-state index contributed by atoms with van der Waals surface area (Å²) in [5.74, 6) is 0.0741. The van der Waals surface area contributed by atoms with Crippen molar-refractivity contribution in [2.24, 2.45) is 0 Å². The lowest BCUT2D eigenvalue weighted by Gasteiger charge is -2.10. The molecule has 0 aliphatic heterocycles. The molecule has 2 heterocycles. The standard InChI is InChI=1S/C9H12N2O6S.C8H10INO3/c1-16-9-6(17-5-8(12)13)3-4-7(10-9)11-18(2,14)15;1-11-5-13-6-3-4-7(9)10-8(6)12-2/h3-4H,5H2,1-2H3,(H,10,11)(H,12,13);3-4H,5H2,1-2H3. The molecule has 2 rings (SSSR count). The number of carboxylic acids is 1. The van der Waals surface area contributed by atoms with Gasteiger partial charge in [-0.1, -0.05) is 0 Å². The van der Waals surface area contributed by atoms with Gasteiger partial charge in [-0.3, -0.25) is 4.72 Å². The molecule has 0 aromatic carbocycles. The van der Waals surface area contributed by atoms with E-state index >= 15 is 0 Å². The summed E-state index contributed by atoms with van der Waals surface area (Å²) in [5, 5.41) is 8.47. The van der Waals surface area contributed by atoms with E-state index in [2.05, 4.69) is 37.3 Å². The van der Waals surface area contributed by atoms with Crippen LogP contribution in [-0.4, -0.2) is 70.4 Å². The molecule has 0 atom stereocenters. The third-order valence-electron chi connectivity index (χ3n) is 2.98. The zero-order chi connectivity index (χ0) is 23.4. The van der Waals surface area contributed by atoms with Crippen LogP contribution in [0.3, 0.4) is 0 Å². The fourth-order valence-corrected chi connectivity index (χ4v) is 2.75. The second-order valence-electron chi connectivity index (χ2n) is 5.45. The largest absolute Gasteiger partial charge is 0.479 e. The van der Waals surface area contributed by atoms with E-state index in [1.165, 1.54) is 19.2 Å². The Morgan fingerprint density at radius 3 is 2.16 bits per heavy atom. The van der Waals surface area contributed by atoms with Crippen LogP contribution in [0.25, 0.3) is 0 Å². The zero-order valence-electron chi connectivity index (χ0n) is 17.1. The highest BCUT2D eigenvalue weighted by molar-refractivity contribution is 14.1. The summed E-state index contributed by atoms with van der Waals surface area (Å²) in [6.45, 7) is -0.352. The zero-order valence-corrected chi connectivity index (χ0v) is 20.1. The number of halogens is 1. The molecule has 0 saturated heterocycles. The first-order valence-corrected chi connectivity index (χ1v) is 11.3. The second-order valence-corrected chi connectivity index (χ2v) is 8.31. The number of hydrogen-bond acceptors (Lipinski definition) is 10. The fraction of sp³-hybridized carbons (Fsp3) is 0.353. The van der Waals surface area contributed by atoms with E-state index in [4.69, 9.17) is 28.8 Å². The lowest BCUT2D eigenvalue weighted by Crippen LogP contribution is -2.13. The molecule has 31 heavy (non-hydrogen) atoms. The normalized spacial score (nSPS) is 10.4. The maximum Gasteiger partial charge on any atom is 0.341 e. The van der Waals surface area contributed by atoms with E-state index < -0.39 is 22.6 Å². The minimum atomic E-state index is -3.44. The van der Waals surface area contributed by atoms with Gasteiger partial charge in [-0.05, 0) is 46.9 Å². The average molecular weight is 571 g/mol. The highest BCUT2D eigenvalue weighted by Crippen LogP contribution is 2.26. The summed E-state index contributed by atoms with van der Waals surface area (Å²) < 4.78 is 49.8. The monoisotopic (exact) mass is 571 g/mol. The van der Waals surface area contributed by atoms with Crippen LogP contribution >= 0.6 is 22.6 Å². The number of aliphatic carboxylic acids is 1. The predicted octanol–water partition coefficient (Wildman–Crippen LogP) is 1.60. The van der Waals surface area contributed by atoms with E-state index in [0.717, 1.165) is 9.96 Å². The molecule has 0 radical (unpaired) electrons. The highest BCUT2D eigenvalue weighted by Gasteiger charge is 2.11. The molecule has 0 spiro atoms. The Kier molecular flexibility index (Phi) is 11.1. The van der Waals surface area contributed by atoms with Crippen molar-refractivity contribution in [3.8, 4) is 23.3 Å². The number of anilines is 1. The van der Waals surface area contributed by atoms with Gasteiger partial charge in [0.25, 0.3) is 11.8 Å². The molecule has 2 N–H and O–H groups in total. The first-order valence-electron chi connectivity index (χ1n) is 8.29. The van der Waals surface area contributed by atoms with Crippen LogP contribution < -0.4 is 23.7 Å². The molecule has 172 valence electrons. The lowest BCUT2D eigenvalue weighted by molar-refractivity contribution is -0.139. The summed E-state index contributed by atoms with van der Waals surface area (Å²) in [4.78, 5) is 18.3. The van der Waals surface area contributed by atoms with Gasteiger partial charge in [-0.2, -0.15) is 4.98 Å². The van der Waals surface area contributed by atoms with Crippen LogP contribution in [-0.2, 0) is 19.6 Å². The molecular weight excluding hydrogens is 549 g/mol. The second kappa shape index (κ2) is 13.0. The number of carboxylic acid groups (broad SMARTS) is 1. The van der Waals surface area contributed by atoms with E-state index in [9.17, 15) is 13.2 Å². The van der Waals surface area contributed by atoms with Gasteiger partial charge in [0.2, 0.25) is 10.0 Å². The van der Waals surface area contributed by atoms with Gasteiger partial charge in [-0.25, -0.2) is 18.2 Å². The molecule has 0 unspecified atom stereocenters. The van der Waals surface area contributed by atoms with Crippen molar-refractivity contribution < 1.29 is 42.0 Å².